The minimum Gasteiger partial charge on any atom is -0.300 e. The van der Waals surface area contributed by atoms with Crippen LogP contribution in [0, 0.1) is 12.1 Å². The predicted octanol–water partition coefficient (Wildman–Crippen LogP) is 2.60. The van der Waals surface area contributed by atoms with Crippen LogP contribution in [-0.4, -0.2) is 12.6 Å². The van der Waals surface area contributed by atoms with E-state index >= 15 is 0 Å². The van der Waals surface area contributed by atoms with E-state index in [1.165, 1.54) is 0 Å². The van der Waals surface area contributed by atoms with Gasteiger partial charge in [-0.3, -0.25) is 0 Å². The summed E-state index contributed by atoms with van der Waals surface area (Å²) in [7, 11) is 0. The number of aldehydes is 2. The summed E-state index contributed by atoms with van der Waals surface area (Å²) in [6.45, 7) is 0. The Labute approximate surface area is 126 Å². The largest absolute Gasteiger partial charge is 0.300 e. The number of hydrogen-bond acceptors (Lipinski definition) is 2. The molecule has 0 saturated carbocycles. The average molecular weight is 299 g/mol. The van der Waals surface area contributed by atoms with Crippen LogP contribution in [0.1, 0.15) is 20.7 Å². The Hall–Kier alpha value is -1.12. The number of carbonyl (C=O) groups excluding carboxylic acids is 2. The monoisotopic (exact) mass is 299 g/mol. The van der Waals surface area contributed by atoms with Crippen molar-refractivity contribution in [2.45, 2.75) is 0 Å². The second-order valence-corrected chi connectivity index (χ2v) is 2.90. The molecule has 0 spiro atoms. The molecule has 1 radical (unpaired) electrons. The number of carbonyl (C=O) groups is 2. The quantitative estimate of drug-likeness (QED) is 0.631. The second-order valence-electron chi connectivity index (χ2n) is 2.90. The van der Waals surface area contributed by atoms with Crippen molar-refractivity contribution in [3.05, 3.63) is 71.8 Å². The van der Waals surface area contributed by atoms with Crippen LogP contribution < -0.4 is 0 Å². The average Bonchev–Trinajstić information content (AvgIpc) is 2.41. The number of hydrogen-bond donors (Lipinski definition) is 0. The van der Waals surface area contributed by atoms with Crippen LogP contribution in [0.25, 0.3) is 0 Å². The van der Waals surface area contributed by atoms with E-state index in [0.29, 0.717) is 11.1 Å². The summed E-state index contributed by atoms with van der Waals surface area (Å²) < 4.78 is 0. The molecule has 0 heterocycles. The second kappa shape index (κ2) is 10.1. The van der Waals surface area contributed by atoms with Crippen molar-refractivity contribution in [1.29, 1.82) is 0 Å². The van der Waals surface area contributed by atoms with E-state index in [4.69, 9.17) is 0 Å². The van der Waals surface area contributed by atoms with E-state index in [-0.39, 0.29) is 32.7 Å². The summed E-state index contributed by atoms with van der Waals surface area (Å²) in [6, 6.07) is 19.3. The first-order chi connectivity index (χ1) is 7.86. The smallest absolute Gasteiger partial charge is 0.126 e. The van der Waals surface area contributed by atoms with E-state index < -0.39 is 0 Å². The molecular formula is C14H10O2Y-2. The van der Waals surface area contributed by atoms with Gasteiger partial charge >= 0.3 is 0 Å². The van der Waals surface area contributed by atoms with Crippen molar-refractivity contribution >= 4 is 12.6 Å². The Kier molecular flexibility index (Phi) is 9.40. The number of benzene rings is 2. The molecule has 0 aliphatic carbocycles. The minimum atomic E-state index is 0. The third-order valence-electron chi connectivity index (χ3n) is 1.76. The van der Waals surface area contributed by atoms with E-state index in [1.807, 2.05) is 0 Å². The first-order valence-corrected chi connectivity index (χ1v) is 4.69. The Morgan fingerprint density at radius 2 is 1.00 bits per heavy atom. The van der Waals surface area contributed by atoms with Crippen LogP contribution in [0.3, 0.4) is 0 Å². The number of rotatable bonds is 2. The Morgan fingerprint density at radius 1 is 0.706 bits per heavy atom. The molecule has 0 saturated heterocycles. The maximum atomic E-state index is 9.99. The third-order valence-corrected chi connectivity index (χ3v) is 1.76. The maximum Gasteiger partial charge on any atom is 0.126 e. The first kappa shape index (κ1) is 15.9. The molecule has 2 aromatic carbocycles. The SMILES string of the molecule is O=Cc1cc[c-]cc1.O=Cc1cc[c-]cc1.[Y]. The van der Waals surface area contributed by atoms with E-state index in [9.17, 15) is 9.59 Å². The summed E-state index contributed by atoms with van der Waals surface area (Å²) in [5, 5.41) is 0. The minimum absolute atomic E-state index is 0. The van der Waals surface area contributed by atoms with Crippen molar-refractivity contribution < 1.29 is 42.3 Å². The Bertz CT molecular complexity index is 383. The molecule has 0 N–H and O–H groups in total. The van der Waals surface area contributed by atoms with Crippen molar-refractivity contribution in [2.75, 3.05) is 0 Å². The van der Waals surface area contributed by atoms with Gasteiger partial charge in [-0.1, -0.05) is 11.1 Å². The molecule has 17 heavy (non-hydrogen) atoms. The zero-order valence-corrected chi connectivity index (χ0v) is 12.0. The van der Waals surface area contributed by atoms with E-state index in [2.05, 4.69) is 12.1 Å². The summed E-state index contributed by atoms with van der Waals surface area (Å²) in [4.78, 5) is 20.0. The molecule has 0 aliphatic rings. The Balaban J connectivity index is 0.000000284. The van der Waals surface area contributed by atoms with Gasteiger partial charge in [0.15, 0.2) is 0 Å². The van der Waals surface area contributed by atoms with E-state index in [0.717, 1.165) is 12.6 Å². The molecule has 0 aliphatic heterocycles. The summed E-state index contributed by atoms with van der Waals surface area (Å²) in [6.07, 6.45) is 1.63. The van der Waals surface area contributed by atoms with Gasteiger partial charge in [0.2, 0.25) is 0 Å². The van der Waals surface area contributed by atoms with Crippen LogP contribution in [0.4, 0.5) is 0 Å². The maximum absolute atomic E-state index is 9.99. The van der Waals surface area contributed by atoms with E-state index in [1.54, 1.807) is 48.5 Å². The van der Waals surface area contributed by atoms with Crippen LogP contribution in [0.2, 0.25) is 0 Å². The first-order valence-electron chi connectivity index (χ1n) is 4.69. The van der Waals surface area contributed by atoms with Gasteiger partial charge in [0.05, 0.1) is 0 Å². The standard InChI is InChI=1S/2C7H5O.Y/c2*8-6-7-4-2-1-3-5-7;/h2*2-6H;/q2*-1;. The van der Waals surface area contributed by atoms with Crippen LogP contribution in [0.15, 0.2) is 48.5 Å². The van der Waals surface area contributed by atoms with Gasteiger partial charge in [-0.25, -0.2) is 0 Å². The molecule has 0 bridgehead atoms. The van der Waals surface area contributed by atoms with Crippen LogP contribution in [0.5, 0.6) is 0 Å². The normalized spacial score (nSPS) is 8.00. The zero-order chi connectivity index (χ0) is 11.6. The van der Waals surface area contributed by atoms with Gasteiger partial charge in [0, 0.05) is 32.7 Å². The molecule has 0 aromatic heterocycles. The fourth-order valence-corrected chi connectivity index (χ4v) is 0.957. The van der Waals surface area contributed by atoms with Crippen molar-refractivity contribution in [2.24, 2.45) is 0 Å². The fraction of sp³-hybridized carbons (Fsp3) is 0. The van der Waals surface area contributed by atoms with Gasteiger partial charge < -0.3 is 9.59 Å². The fourth-order valence-electron chi connectivity index (χ4n) is 0.957. The van der Waals surface area contributed by atoms with Gasteiger partial charge in [-0.15, -0.1) is 0 Å². The molecule has 0 fully saturated rings. The topological polar surface area (TPSA) is 34.1 Å². The summed E-state index contributed by atoms with van der Waals surface area (Å²) in [5.74, 6) is 0. The summed E-state index contributed by atoms with van der Waals surface area (Å²) >= 11 is 0. The molecule has 0 unspecified atom stereocenters. The van der Waals surface area contributed by atoms with Gasteiger partial charge in [0.25, 0.3) is 0 Å². The third kappa shape index (κ3) is 6.93. The molecule has 0 amide bonds. The van der Waals surface area contributed by atoms with Crippen molar-refractivity contribution in [1.82, 2.24) is 0 Å². The zero-order valence-electron chi connectivity index (χ0n) is 9.17. The van der Waals surface area contributed by atoms with Crippen LogP contribution >= 0.6 is 0 Å². The Morgan fingerprint density at radius 3 is 1.18 bits per heavy atom. The molecule has 2 rings (SSSR count). The summed E-state index contributed by atoms with van der Waals surface area (Å²) in [5.41, 5.74) is 1.40. The molecule has 83 valence electrons. The van der Waals surface area contributed by atoms with Gasteiger partial charge in [-0.2, -0.15) is 60.7 Å². The van der Waals surface area contributed by atoms with Crippen molar-refractivity contribution in [3.63, 3.8) is 0 Å². The van der Waals surface area contributed by atoms with Crippen molar-refractivity contribution in [3.8, 4) is 0 Å². The van der Waals surface area contributed by atoms with Gasteiger partial charge in [-0.05, 0) is 0 Å². The predicted molar refractivity (Wildman–Crippen MR) is 61.3 cm³/mol. The van der Waals surface area contributed by atoms with Crippen LogP contribution in [-0.2, 0) is 32.7 Å². The molecule has 2 nitrogen and oxygen atoms in total. The molecule has 0 atom stereocenters. The molecule has 2 aromatic rings. The molecule has 3 heteroatoms. The van der Waals surface area contributed by atoms with Gasteiger partial charge in [0.1, 0.15) is 12.6 Å². The molecular weight excluding hydrogens is 289 g/mol.